The van der Waals surface area contributed by atoms with E-state index in [1.807, 2.05) is 4.98 Å². The number of aliphatic hydroxyl groups is 3. The second kappa shape index (κ2) is 8.68. The minimum absolute atomic E-state index is 0.0285. The Bertz CT molecular complexity index is 1230. The van der Waals surface area contributed by atoms with Crippen molar-refractivity contribution >= 4 is 11.6 Å². The first-order chi connectivity index (χ1) is 15.7. The van der Waals surface area contributed by atoms with Gasteiger partial charge >= 0.3 is 5.69 Å². The number of nitrogens with zero attached hydrogens (tertiary/aromatic N) is 1. The number of H-pyrrole nitrogens is 1. The predicted octanol–water partition coefficient (Wildman–Crippen LogP) is -0.347. The fraction of sp³-hybridized carbons (Fsp3) is 0.217. The van der Waals surface area contributed by atoms with Crippen LogP contribution in [-0.2, 0) is 4.74 Å². The second-order valence-corrected chi connectivity index (χ2v) is 7.60. The van der Waals surface area contributed by atoms with Gasteiger partial charge in [-0.25, -0.2) is 4.79 Å². The van der Waals surface area contributed by atoms with Crippen LogP contribution in [-0.4, -0.2) is 60.4 Å². The number of hydrogen-bond donors (Lipinski definition) is 4. The molecular weight excluding hydrogens is 432 g/mol. The Morgan fingerprint density at radius 2 is 1.36 bits per heavy atom. The topological polar surface area (TPSA) is 159 Å². The van der Waals surface area contributed by atoms with Gasteiger partial charge in [-0.2, -0.15) is 0 Å². The molecule has 170 valence electrons. The maximum absolute atomic E-state index is 13.4. The molecule has 0 saturated carbocycles. The Labute approximate surface area is 186 Å². The van der Waals surface area contributed by atoms with E-state index in [0.29, 0.717) is 0 Å². The average Bonchev–Trinajstić information content (AvgIpc) is 3.13. The minimum Gasteiger partial charge on any atom is -0.387 e. The van der Waals surface area contributed by atoms with Crippen molar-refractivity contribution in [2.75, 3.05) is 0 Å². The number of Topliss-reactive ketones (excluding diaryl/α,β-unsaturated/α-hetero) is 2. The van der Waals surface area contributed by atoms with Gasteiger partial charge in [0.2, 0.25) is 17.2 Å². The summed E-state index contributed by atoms with van der Waals surface area (Å²) in [7, 11) is 0. The highest BCUT2D eigenvalue weighted by Gasteiger charge is 2.61. The first-order valence-corrected chi connectivity index (χ1v) is 10.00. The molecule has 1 aliphatic heterocycles. The molecule has 0 unspecified atom stereocenters. The number of ketones is 2. The van der Waals surface area contributed by atoms with Crippen molar-refractivity contribution in [2.45, 2.75) is 30.1 Å². The quantitative estimate of drug-likeness (QED) is 0.292. The summed E-state index contributed by atoms with van der Waals surface area (Å²) in [5, 5.41) is 32.9. The number of carbonyl (C=O) groups is 2. The molecule has 0 spiro atoms. The molecule has 1 aliphatic rings. The Kier molecular flexibility index (Phi) is 5.91. The summed E-state index contributed by atoms with van der Waals surface area (Å²) in [5.74, 6) is -2.11. The van der Waals surface area contributed by atoms with Gasteiger partial charge in [-0.1, -0.05) is 60.7 Å². The van der Waals surface area contributed by atoms with Gasteiger partial charge in [0.15, 0.2) is 6.23 Å². The molecule has 2 aromatic carbocycles. The van der Waals surface area contributed by atoms with E-state index in [-0.39, 0.29) is 11.1 Å². The summed E-state index contributed by atoms with van der Waals surface area (Å²) in [6, 6.07) is 15.9. The third-order valence-electron chi connectivity index (χ3n) is 5.54. The fourth-order valence-electron chi connectivity index (χ4n) is 3.84. The van der Waals surface area contributed by atoms with E-state index in [9.17, 15) is 34.5 Å². The average molecular weight is 452 g/mol. The summed E-state index contributed by atoms with van der Waals surface area (Å²) in [4.78, 5) is 52.4. The fourth-order valence-corrected chi connectivity index (χ4v) is 3.84. The predicted molar refractivity (Wildman–Crippen MR) is 114 cm³/mol. The Balaban J connectivity index is 1.81. The number of rotatable bonds is 6. The van der Waals surface area contributed by atoms with Crippen molar-refractivity contribution in [1.82, 2.24) is 9.55 Å². The summed E-state index contributed by atoms with van der Waals surface area (Å²) in [5.41, 5.74) is -4.65. The summed E-state index contributed by atoms with van der Waals surface area (Å²) in [6.45, 7) is 0. The van der Waals surface area contributed by atoms with Crippen molar-refractivity contribution in [3.8, 4) is 0 Å². The Hall–Kier alpha value is -3.70. The van der Waals surface area contributed by atoms with Crippen LogP contribution >= 0.6 is 0 Å². The smallest absolute Gasteiger partial charge is 0.330 e. The van der Waals surface area contributed by atoms with E-state index >= 15 is 0 Å². The Morgan fingerprint density at radius 3 is 1.85 bits per heavy atom. The van der Waals surface area contributed by atoms with Gasteiger partial charge in [0, 0.05) is 23.4 Å². The zero-order chi connectivity index (χ0) is 23.8. The third kappa shape index (κ3) is 3.85. The highest BCUT2D eigenvalue weighted by atomic mass is 16.6. The van der Waals surface area contributed by atoms with Crippen LogP contribution in [0.1, 0.15) is 26.9 Å². The molecule has 2 heterocycles. The molecule has 4 rings (SSSR count). The molecule has 0 aliphatic carbocycles. The monoisotopic (exact) mass is 452 g/mol. The standard InChI is InChI=1S/C23H20N2O8/c26-15-11-12-25(22(31)24-15)21-17(28)16(27)20(33-21)23(32,18(29)13-7-3-1-4-8-13)19(30)14-9-5-2-6-10-14/h1-12,16-17,20-21,27-28,32H,(H,24,26,31)/t16-,17+,20-,21+/m0/s1. The number of benzene rings is 2. The first-order valence-electron chi connectivity index (χ1n) is 10.00. The molecule has 0 radical (unpaired) electrons. The molecule has 3 aromatic rings. The molecule has 1 aromatic heterocycles. The van der Waals surface area contributed by atoms with E-state index in [2.05, 4.69) is 0 Å². The molecule has 0 bridgehead atoms. The summed E-state index contributed by atoms with van der Waals surface area (Å²) in [6.07, 6.45) is -6.23. The molecule has 10 nitrogen and oxygen atoms in total. The maximum Gasteiger partial charge on any atom is 0.330 e. The molecule has 4 atom stereocenters. The summed E-state index contributed by atoms with van der Waals surface area (Å²) < 4.78 is 6.38. The van der Waals surface area contributed by atoms with Crippen LogP contribution in [0.2, 0.25) is 0 Å². The van der Waals surface area contributed by atoms with Crippen LogP contribution in [0.5, 0.6) is 0 Å². The number of carbonyl (C=O) groups excluding carboxylic acids is 2. The van der Waals surface area contributed by atoms with Gasteiger partial charge in [-0.05, 0) is 0 Å². The van der Waals surface area contributed by atoms with Crippen LogP contribution in [0.4, 0.5) is 0 Å². The van der Waals surface area contributed by atoms with E-state index in [1.165, 1.54) is 48.5 Å². The summed E-state index contributed by atoms with van der Waals surface area (Å²) >= 11 is 0. The van der Waals surface area contributed by atoms with Gasteiger partial charge in [0.1, 0.15) is 18.3 Å². The molecular formula is C23H20N2O8. The molecule has 0 amide bonds. The lowest BCUT2D eigenvalue weighted by atomic mass is 9.79. The first kappa shape index (κ1) is 22.5. The van der Waals surface area contributed by atoms with E-state index in [1.54, 1.807) is 12.1 Å². The molecule has 4 N–H and O–H groups in total. The zero-order valence-corrected chi connectivity index (χ0v) is 17.1. The number of nitrogens with one attached hydrogen (secondary N) is 1. The molecule has 10 heteroatoms. The highest BCUT2D eigenvalue weighted by Crippen LogP contribution is 2.37. The Morgan fingerprint density at radius 1 is 0.848 bits per heavy atom. The number of hydrogen-bond acceptors (Lipinski definition) is 8. The lowest BCUT2D eigenvalue weighted by molar-refractivity contribution is -0.104. The lowest BCUT2D eigenvalue weighted by Crippen LogP contribution is -2.60. The van der Waals surface area contributed by atoms with Crippen LogP contribution in [0.15, 0.2) is 82.5 Å². The van der Waals surface area contributed by atoms with Crippen molar-refractivity contribution in [3.05, 3.63) is 105 Å². The molecule has 1 saturated heterocycles. The molecule has 1 fully saturated rings. The van der Waals surface area contributed by atoms with Gasteiger partial charge in [0.05, 0.1) is 0 Å². The van der Waals surface area contributed by atoms with E-state index in [0.717, 1.165) is 16.8 Å². The van der Waals surface area contributed by atoms with E-state index in [4.69, 9.17) is 4.74 Å². The van der Waals surface area contributed by atoms with E-state index < -0.39 is 53.0 Å². The number of aliphatic hydroxyl groups excluding tert-OH is 2. The molecule has 33 heavy (non-hydrogen) atoms. The number of ether oxygens (including phenoxy) is 1. The third-order valence-corrected chi connectivity index (χ3v) is 5.54. The highest BCUT2D eigenvalue weighted by molar-refractivity contribution is 6.23. The van der Waals surface area contributed by atoms with Crippen LogP contribution in [0.3, 0.4) is 0 Å². The minimum atomic E-state index is -2.94. The number of aromatic nitrogens is 2. The van der Waals surface area contributed by atoms with Gasteiger partial charge in [-0.3, -0.25) is 23.9 Å². The van der Waals surface area contributed by atoms with Gasteiger partial charge in [0.25, 0.3) is 5.56 Å². The van der Waals surface area contributed by atoms with Crippen molar-refractivity contribution in [3.63, 3.8) is 0 Å². The second-order valence-electron chi connectivity index (χ2n) is 7.60. The van der Waals surface area contributed by atoms with Crippen molar-refractivity contribution < 1.29 is 29.6 Å². The van der Waals surface area contributed by atoms with Crippen molar-refractivity contribution in [2.24, 2.45) is 0 Å². The maximum atomic E-state index is 13.4. The van der Waals surface area contributed by atoms with Crippen LogP contribution in [0, 0.1) is 0 Å². The van der Waals surface area contributed by atoms with Crippen LogP contribution in [0.25, 0.3) is 0 Å². The SMILES string of the molecule is O=C(c1ccccc1)C(O)(C(=O)c1ccccc1)[C@H]1O[C@@H](n2ccc(=O)[nH]c2=O)[C@H](O)[C@@H]1O. The number of aromatic amines is 1. The van der Waals surface area contributed by atoms with Gasteiger partial charge < -0.3 is 20.1 Å². The van der Waals surface area contributed by atoms with Crippen LogP contribution < -0.4 is 11.2 Å². The lowest BCUT2D eigenvalue weighted by Gasteiger charge is -2.32. The van der Waals surface area contributed by atoms with Gasteiger partial charge in [-0.15, -0.1) is 0 Å². The largest absolute Gasteiger partial charge is 0.387 e. The zero-order valence-electron chi connectivity index (χ0n) is 17.1. The van der Waals surface area contributed by atoms with Crippen molar-refractivity contribution in [1.29, 1.82) is 0 Å². The normalized spacial score (nSPS) is 22.8.